The van der Waals surface area contributed by atoms with Crippen LogP contribution in [0.4, 0.5) is 0 Å². The third kappa shape index (κ3) is 2.78. The largest absolute Gasteiger partial charge is 0.396 e. The summed E-state index contributed by atoms with van der Waals surface area (Å²) in [6.45, 7) is 3.20. The Balaban J connectivity index is 1.81. The van der Waals surface area contributed by atoms with Crippen LogP contribution in [0, 0.1) is 12.8 Å². The normalized spacial score (nSPS) is 18.2. The number of likely N-dealkylation sites (tertiary alicyclic amines) is 1. The van der Waals surface area contributed by atoms with Gasteiger partial charge in [-0.05, 0) is 19.4 Å². The maximum absolute atomic E-state index is 12.4. The third-order valence-electron chi connectivity index (χ3n) is 3.62. The van der Waals surface area contributed by atoms with E-state index in [0.29, 0.717) is 18.9 Å². The summed E-state index contributed by atoms with van der Waals surface area (Å²) in [5.41, 5.74) is 0.881. The van der Waals surface area contributed by atoms with E-state index in [1.54, 1.807) is 28.0 Å². The van der Waals surface area contributed by atoms with Gasteiger partial charge in [-0.1, -0.05) is 0 Å². The van der Waals surface area contributed by atoms with Crippen molar-refractivity contribution in [1.82, 2.24) is 24.6 Å². The van der Waals surface area contributed by atoms with Crippen LogP contribution >= 0.6 is 0 Å². The van der Waals surface area contributed by atoms with Crippen LogP contribution in [-0.2, 0) is 0 Å². The predicted octanol–water partition coefficient (Wildman–Crippen LogP) is 0.425. The van der Waals surface area contributed by atoms with E-state index < -0.39 is 0 Å². The maximum atomic E-state index is 12.4. The summed E-state index contributed by atoms with van der Waals surface area (Å²) in [5, 5.41) is 13.4. The fourth-order valence-electron chi connectivity index (χ4n) is 2.43. The Morgan fingerprint density at radius 1 is 1.48 bits per heavy atom. The molecule has 0 aliphatic carbocycles. The third-order valence-corrected chi connectivity index (χ3v) is 3.62. The molecule has 0 spiro atoms. The van der Waals surface area contributed by atoms with Gasteiger partial charge < -0.3 is 10.0 Å². The summed E-state index contributed by atoms with van der Waals surface area (Å²) in [5.74, 6) is 0.696. The lowest BCUT2D eigenvalue weighted by Gasteiger charge is -2.15. The molecule has 3 rings (SSSR count). The van der Waals surface area contributed by atoms with Crippen molar-refractivity contribution in [2.24, 2.45) is 5.92 Å². The van der Waals surface area contributed by atoms with Crippen molar-refractivity contribution in [3.05, 3.63) is 36.0 Å². The molecule has 0 saturated carbocycles. The number of aromatic nitrogens is 4. The lowest BCUT2D eigenvalue weighted by molar-refractivity contribution is 0.0769. The summed E-state index contributed by atoms with van der Waals surface area (Å²) in [7, 11) is 0. The molecule has 110 valence electrons. The fourth-order valence-corrected chi connectivity index (χ4v) is 2.43. The molecule has 2 aromatic rings. The predicted molar refractivity (Wildman–Crippen MR) is 75.0 cm³/mol. The number of nitrogens with zero attached hydrogens (tertiary/aromatic N) is 5. The monoisotopic (exact) mass is 287 g/mol. The summed E-state index contributed by atoms with van der Waals surface area (Å²) < 4.78 is 1.62. The molecule has 3 heterocycles. The molecule has 0 radical (unpaired) electrons. The highest BCUT2D eigenvalue weighted by Gasteiger charge is 2.28. The lowest BCUT2D eigenvalue weighted by Crippen LogP contribution is -2.30. The maximum Gasteiger partial charge on any atom is 0.291 e. The van der Waals surface area contributed by atoms with E-state index in [4.69, 9.17) is 5.11 Å². The molecule has 1 unspecified atom stereocenters. The summed E-state index contributed by atoms with van der Waals surface area (Å²) in [6, 6.07) is 3.58. The first-order valence-electron chi connectivity index (χ1n) is 6.93. The molecule has 0 bridgehead atoms. The summed E-state index contributed by atoms with van der Waals surface area (Å²) in [4.78, 5) is 22.4. The van der Waals surface area contributed by atoms with Gasteiger partial charge in [0.15, 0.2) is 5.82 Å². The zero-order valence-corrected chi connectivity index (χ0v) is 11.8. The van der Waals surface area contributed by atoms with Crippen molar-refractivity contribution in [2.75, 3.05) is 19.7 Å². The number of hydrogen-bond acceptors (Lipinski definition) is 5. The minimum Gasteiger partial charge on any atom is -0.396 e. The highest BCUT2D eigenvalue weighted by Crippen LogP contribution is 2.17. The molecule has 1 N–H and O–H groups in total. The average Bonchev–Trinajstić information content (AvgIpc) is 3.15. The highest BCUT2D eigenvalue weighted by atomic mass is 16.3. The average molecular weight is 287 g/mol. The topological polar surface area (TPSA) is 84.1 Å². The van der Waals surface area contributed by atoms with E-state index in [2.05, 4.69) is 15.1 Å². The Hall–Kier alpha value is -2.28. The van der Waals surface area contributed by atoms with Crippen molar-refractivity contribution in [2.45, 2.75) is 13.3 Å². The standard InChI is InChI=1S/C14H17N5O2/c1-10-3-7-19(17-10)12-2-5-15-13(16-12)14(21)18-6-4-11(8-18)9-20/h2-3,5,7,11,20H,4,6,8-9H2,1H3. The molecule has 0 aromatic carbocycles. The minimum absolute atomic E-state index is 0.108. The quantitative estimate of drug-likeness (QED) is 0.884. The van der Waals surface area contributed by atoms with E-state index in [0.717, 1.165) is 12.1 Å². The number of hydrogen-bond donors (Lipinski definition) is 1. The van der Waals surface area contributed by atoms with Gasteiger partial charge in [0.1, 0.15) is 0 Å². The Kier molecular flexibility index (Phi) is 3.66. The van der Waals surface area contributed by atoms with Crippen molar-refractivity contribution in [3.8, 4) is 5.82 Å². The second kappa shape index (κ2) is 5.61. The van der Waals surface area contributed by atoms with Crippen molar-refractivity contribution in [3.63, 3.8) is 0 Å². The Morgan fingerprint density at radius 3 is 3.00 bits per heavy atom. The first kappa shape index (κ1) is 13.7. The first-order valence-corrected chi connectivity index (χ1v) is 6.93. The number of aliphatic hydroxyl groups excluding tert-OH is 1. The number of amides is 1. The van der Waals surface area contributed by atoms with Gasteiger partial charge in [-0.2, -0.15) is 5.10 Å². The fraction of sp³-hybridized carbons (Fsp3) is 0.429. The highest BCUT2D eigenvalue weighted by molar-refractivity contribution is 5.90. The first-order chi connectivity index (χ1) is 10.2. The van der Waals surface area contributed by atoms with Crippen molar-refractivity contribution < 1.29 is 9.90 Å². The molecular formula is C14H17N5O2. The Labute approximate surface area is 122 Å². The van der Waals surface area contributed by atoms with Crippen molar-refractivity contribution in [1.29, 1.82) is 0 Å². The van der Waals surface area contributed by atoms with Crippen LogP contribution in [0.5, 0.6) is 0 Å². The Bertz CT molecular complexity index is 654. The minimum atomic E-state index is -0.198. The second-order valence-electron chi connectivity index (χ2n) is 5.23. The SMILES string of the molecule is Cc1ccn(-c2ccnc(C(=O)N3CCC(CO)C3)n2)n1. The zero-order chi connectivity index (χ0) is 14.8. The number of rotatable bonds is 3. The van der Waals surface area contributed by atoms with Crippen LogP contribution in [0.1, 0.15) is 22.7 Å². The molecule has 7 nitrogen and oxygen atoms in total. The van der Waals surface area contributed by atoms with Crippen LogP contribution in [0.2, 0.25) is 0 Å². The summed E-state index contributed by atoms with van der Waals surface area (Å²) >= 11 is 0. The van der Waals surface area contributed by atoms with E-state index in [-0.39, 0.29) is 24.3 Å². The molecule has 1 atom stereocenters. The van der Waals surface area contributed by atoms with E-state index in [1.165, 1.54) is 0 Å². The molecule has 2 aromatic heterocycles. The molecule has 1 amide bonds. The van der Waals surface area contributed by atoms with E-state index in [9.17, 15) is 4.79 Å². The van der Waals surface area contributed by atoms with Gasteiger partial charge in [-0.25, -0.2) is 14.6 Å². The van der Waals surface area contributed by atoms with Gasteiger partial charge in [0.25, 0.3) is 5.91 Å². The summed E-state index contributed by atoms with van der Waals surface area (Å²) in [6.07, 6.45) is 4.18. The van der Waals surface area contributed by atoms with E-state index in [1.807, 2.05) is 13.0 Å². The zero-order valence-electron chi connectivity index (χ0n) is 11.8. The molecule has 7 heteroatoms. The lowest BCUT2D eigenvalue weighted by atomic mass is 10.1. The Morgan fingerprint density at radius 2 is 2.33 bits per heavy atom. The molecular weight excluding hydrogens is 270 g/mol. The molecule has 21 heavy (non-hydrogen) atoms. The number of aliphatic hydroxyl groups is 1. The number of aryl methyl sites for hydroxylation is 1. The van der Waals surface area contributed by atoms with Crippen LogP contribution in [0.15, 0.2) is 24.5 Å². The van der Waals surface area contributed by atoms with Crippen molar-refractivity contribution >= 4 is 5.91 Å². The van der Waals surface area contributed by atoms with Gasteiger partial charge >= 0.3 is 0 Å². The second-order valence-corrected chi connectivity index (χ2v) is 5.23. The molecule has 1 saturated heterocycles. The number of carbonyl (C=O) groups excluding carboxylic acids is 1. The van der Waals surface area contributed by atoms with Gasteiger partial charge in [0.05, 0.1) is 5.69 Å². The van der Waals surface area contributed by atoms with E-state index >= 15 is 0 Å². The van der Waals surface area contributed by atoms with Gasteiger partial charge in [0.2, 0.25) is 5.82 Å². The van der Waals surface area contributed by atoms with Crippen LogP contribution < -0.4 is 0 Å². The van der Waals surface area contributed by atoms with Gasteiger partial charge in [-0.3, -0.25) is 4.79 Å². The molecule has 1 aliphatic rings. The smallest absolute Gasteiger partial charge is 0.291 e. The molecule has 1 fully saturated rings. The number of carbonyl (C=O) groups is 1. The molecule has 1 aliphatic heterocycles. The van der Waals surface area contributed by atoms with Crippen LogP contribution in [-0.4, -0.2) is 55.4 Å². The van der Waals surface area contributed by atoms with Crippen LogP contribution in [0.25, 0.3) is 5.82 Å². The van der Waals surface area contributed by atoms with Gasteiger partial charge in [-0.15, -0.1) is 0 Å². The van der Waals surface area contributed by atoms with Gasteiger partial charge in [0, 0.05) is 44.1 Å². The van der Waals surface area contributed by atoms with Crippen LogP contribution in [0.3, 0.4) is 0 Å².